The number of halogens is 1. The van der Waals surface area contributed by atoms with Gasteiger partial charge in [0.05, 0.1) is 0 Å². The number of rotatable bonds is 7. The molecule has 0 bridgehead atoms. The van der Waals surface area contributed by atoms with Crippen LogP contribution in [0, 0.1) is 12.7 Å². The van der Waals surface area contributed by atoms with Crippen LogP contribution in [0.25, 0.3) is 0 Å². The molecule has 0 fully saturated rings. The van der Waals surface area contributed by atoms with Crippen molar-refractivity contribution in [2.24, 2.45) is 0 Å². The molecular formula is C21H23FN4O2S2. The molecule has 30 heavy (non-hydrogen) atoms. The summed E-state index contributed by atoms with van der Waals surface area (Å²) in [5.41, 5.74) is 0.778. The summed E-state index contributed by atoms with van der Waals surface area (Å²) < 4.78 is 17.8. The Morgan fingerprint density at radius 1 is 1.30 bits per heavy atom. The molecule has 0 saturated carbocycles. The SMILES string of the molecule is CCC(C)(C)NC(=O)[C@@H](c1sccc1C)N(C(=O)c1csnn1)c1cccc(F)c1. The van der Waals surface area contributed by atoms with Gasteiger partial charge in [0.2, 0.25) is 5.91 Å². The van der Waals surface area contributed by atoms with E-state index in [4.69, 9.17) is 0 Å². The van der Waals surface area contributed by atoms with Crippen molar-refractivity contribution in [3.05, 3.63) is 63.0 Å². The predicted octanol–water partition coefficient (Wildman–Crippen LogP) is 4.74. The minimum Gasteiger partial charge on any atom is -0.349 e. The highest BCUT2D eigenvalue weighted by Gasteiger charge is 2.37. The van der Waals surface area contributed by atoms with Crippen LogP contribution in [0.4, 0.5) is 10.1 Å². The molecule has 1 aromatic carbocycles. The number of aromatic nitrogens is 2. The van der Waals surface area contributed by atoms with Crippen LogP contribution in [0.15, 0.2) is 41.1 Å². The Kier molecular flexibility index (Phi) is 6.62. The highest BCUT2D eigenvalue weighted by Crippen LogP contribution is 2.35. The van der Waals surface area contributed by atoms with Crippen molar-refractivity contribution in [1.82, 2.24) is 14.9 Å². The van der Waals surface area contributed by atoms with Gasteiger partial charge in [0.15, 0.2) is 11.7 Å². The molecule has 0 aliphatic carbocycles. The topological polar surface area (TPSA) is 75.2 Å². The minimum absolute atomic E-state index is 0.103. The molecule has 2 heterocycles. The van der Waals surface area contributed by atoms with E-state index in [1.165, 1.54) is 39.8 Å². The summed E-state index contributed by atoms with van der Waals surface area (Å²) >= 11 is 2.42. The molecule has 2 aromatic heterocycles. The van der Waals surface area contributed by atoms with Gasteiger partial charge in [-0.15, -0.1) is 16.4 Å². The van der Waals surface area contributed by atoms with E-state index in [-0.39, 0.29) is 17.3 Å². The van der Waals surface area contributed by atoms with Crippen molar-refractivity contribution in [3.8, 4) is 0 Å². The van der Waals surface area contributed by atoms with Crippen molar-refractivity contribution >= 4 is 40.4 Å². The zero-order valence-corrected chi connectivity index (χ0v) is 18.8. The number of hydrogen-bond acceptors (Lipinski definition) is 6. The number of carbonyl (C=O) groups is 2. The number of carbonyl (C=O) groups excluding carboxylic acids is 2. The normalized spacial score (nSPS) is 12.4. The molecule has 1 N–H and O–H groups in total. The van der Waals surface area contributed by atoms with Gasteiger partial charge in [-0.05, 0) is 73.9 Å². The smallest absolute Gasteiger partial charge is 0.280 e. The van der Waals surface area contributed by atoms with Gasteiger partial charge in [-0.2, -0.15) is 0 Å². The lowest BCUT2D eigenvalue weighted by Crippen LogP contribution is -2.50. The van der Waals surface area contributed by atoms with Gasteiger partial charge in [-0.1, -0.05) is 17.5 Å². The van der Waals surface area contributed by atoms with Gasteiger partial charge < -0.3 is 5.32 Å². The second-order valence-corrected chi connectivity index (χ2v) is 9.10. The number of benzene rings is 1. The maximum absolute atomic E-state index is 14.1. The molecule has 1 atom stereocenters. The number of nitrogens with one attached hydrogen (secondary N) is 1. The van der Waals surface area contributed by atoms with Crippen LogP contribution >= 0.6 is 22.9 Å². The fraction of sp³-hybridized carbons (Fsp3) is 0.333. The number of thiophene rings is 1. The standard InChI is InChI=1S/C21H23FN4O2S2/c1-5-21(3,4)23-19(27)17(18-13(2)9-10-29-18)26(15-8-6-7-14(22)11-15)20(28)16-12-30-25-24-16/h6-12,17H,5H2,1-4H3,(H,23,27)/t17-/m1/s1. The summed E-state index contributed by atoms with van der Waals surface area (Å²) in [6.45, 7) is 7.70. The van der Waals surface area contributed by atoms with Crippen LogP contribution in [0.5, 0.6) is 0 Å². The molecule has 0 aliphatic heterocycles. The first-order valence-electron chi connectivity index (χ1n) is 9.45. The number of amides is 2. The zero-order valence-electron chi connectivity index (χ0n) is 17.2. The van der Waals surface area contributed by atoms with Gasteiger partial charge in [-0.3, -0.25) is 14.5 Å². The molecular weight excluding hydrogens is 423 g/mol. The van der Waals surface area contributed by atoms with E-state index < -0.39 is 23.3 Å². The molecule has 0 saturated heterocycles. The van der Waals surface area contributed by atoms with Crippen LogP contribution in [-0.2, 0) is 4.79 Å². The summed E-state index contributed by atoms with van der Waals surface area (Å²) in [6.07, 6.45) is 0.707. The Hall–Kier alpha value is -2.65. The Morgan fingerprint density at radius 2 is 2.07 bits per heavy atom. The second kappa shape index (κ2) is 9.01. The van der Waals surface area contributed by atoms with Gasteiger partial charge in [0.1, 0.15) is 5.82 Å². The molecule has 9 heteroatoms. The molecule has 3 aromatic rings. The molecule has 0 unspecified atom stereocenters. The van der Waals surface area contributed by atoms with Crippen LogP contribution in [0.1, 0.15) is 54.2 Å². The molecule has 0 spiro atoms. The van der Waals surface area contributed by atoms with Crippen molar-refractivity contribution in [1.29, 1.82) is 0 Å². The maximum atomic E-state index is 14.1. The van der Waals surface area contributed by atoms with E-state index in [1.807, 2.05) is 39.1 Å². The first-order chi connectivity index (χ1) is 14.2. The van der Waals surface area contributed by atoms with E-state index in [1.54, 1.807) is 6.07 Å². The van der Waals surface area contributed by atoms with Gasteiger partial charge in [0.25, 0.3) is 5.91 Å². The quantitative estimate of drug-likeness (QED) is 0.569. The van der Waals surface area contributed by atoms with E-state index in [0.29, 0.717) is 11.3 Å². The Labute approximate surface area is 182 Å². The maximum Gasteiger partial charge on any atom is 0.280 e. The highest BCUT2D eigenvalue weighted by molar-refractivity contribution is 7.10. The Morgan fingerprint density at radius 3 is 2.63 bits per heavy atom. The van der Waals surface area contributed by atoms with Gasteiger partial charge >= 0.3 is 0 Å². The van der Waals surface area contributed by atoms with Crippen LogP contribution < -0.4 is 10.2 Å². The Balaban J connectivity index is 2.17. The summed E-state index contributed by atoms with van der Waals surface area (Å²) in [5.74, 6) is -1.36. The second-order valence-electron chi connectivity index (χ2n) is 7.54. The monoisotopic (exact) mass is 446 g/mol. The summed E-state index contributed by atoms with van der Waals surface area (Å²) in [5, 5.41) is 10.3. The average Bonchev–Trinajstić information content (AvgIpc) is 3.37. The molecule has 2 amide bonds. The number of anilines is 1. The third-order valence-electron chi connectivity index (χ3n) is 4.89. The first-order valence-corrected chi connectivity index (χ1v) is 11.2. The van der Waals surface area contributed by atoms with Crippen molar-refractivity contribution in [2.45, 2.75) is 45.7 Å². The van der Waals surface area contributed by atoms with Crippen molar-refractivity contribution in [2.75, 3.05) is 4.90 Å². The van der Waals surface area contributed by atoms with Crippen LogP contribution in [0.2, 0.25) is 0 Å². The summed E-state index contributed by atoms with van der Waals surface area (Å²) in [7, 11) is 0. The summed E-state index contributed by atoms with van der Waals surface area (Å²) in [4.78, 5) is 29.0. The zero-order chi connectivity index (χ0) is 21.9. The van der Waals surface area contributed by atoms with Crippen molar-refractivity contribution in [3.63, 3.8) is 0 Å². The van der Waals surface area contributed by atoms with Crippen molar-refractivity contribution < 1.29 is 14.0 Å². The first kappa shape index (κ1) is 22.0. The van der Waals surface area contributed by atoms with E-state index >= 15 is 0 Å². The number of nitrogens with zero attached hydrogens (tertiary/aromatic N) is 3. The largest absolute Gasteiger partial charge is 0.349 e. The van der Waals surface area contributed by atoms with E-state index in [2.05, 4.69) is 14.9 Å². The molecule has 158 valence electrons. The lowest BCUT2D eigenvalue weighted by molar-refractivity contribution is -0.124. The van der Waals surface area contributed by atoms with Gasteiger partial charge in [-0.25, -0.2) is 4.39 Å². The molecule has 3 rings (SSSR count). The number of hydrogen-bond donors (Lipinski definition) is 1. The number of aryl methyl sites for hydroxylation is 1. The van der Waals surface area contributed by atoms with E-state index in [9.17, 15) is 14.0 Å². The van der Waals surface area contributed by atoms with Gasteiger partial charge in [0, 0.05) is 21.5 Å². The van der Waals surface area contributed by atoms with Crippen LogP contribution in [-0.4, -0.2) is 26.9 Å². The minimum atomic E-state index is -0.980. The van der Waals surface area contributed by atoms with Crippen LogP contribution in [0.3, 0.4) is 0 Å². The molecule has 0 aliphatic rings. The summed E-state index contributed by atoms with van der Waals surface area (Å²) in [6, 6.07) is 6.57. The third-order valence-corrected chi connectivity index (χ3v) is 6.46. The lowest BCUT2D eigenvalue weighted by atomic mass is 10.00. The fourth-order valence-electron chi connectivity index (χ4n) is 2.90. The molecule has 6 nitrogen and oxygen atoms in total. The Bertz CT molecular complexity index is 1030. The van der Waals surface area contributed by atoms with E-state index in [0.717, 1.165) is 17.1 Å². The highest BCUT2D eigenvalue weighted by atomic mass is 32.1. The molecule has 0 radical (unpaired) electrons. The predicted molar refractivity (Wildman–Crippen MR) is 117 cm³/mol. The average molecular weight is 447 g/mol. The lowest BCUT2D eigenvalue weighted by Gasteiger charge is -2.34. The third kappa shape index (κ3) is 4.73. The fourth-order valence-corrected chi connectivity index (χ4v) is 4.34.